The molecule has 30 heavy (non-hydrogen) atoms. The average Bonchev–Trinajstić information content (AvgIpc) is 3.38. The third-order valence-electron chi connectivity index (χ3n) is 4.32. The maximum atomic E-state index is 12.3. The lowest BCUT2D eigenvalue weighted by Gasteiger charge is -2.04. The number of rotatable bonds is 7. The van der Waals surface area contributed by atoms with E-state index in [4.69, 9.17) is 0 Å². The van der Waals surface area contributed by atoms with E-state index in [9.17, 15) is 4.79 Å². The predicted molar refractivity (Wildman–Crippen MR) is 119 cm³/mol. The van der Waals surface area contributed by atoms with Crippen LogP contribution in [0.2, 0.25) is 0 Å². The van der Waals surface area contributed by atoms with Gasteiger partial charge in [-0.1, -0.05) is 47.2 Å². The summed E-state index contributed by atoms with van der Waals surface area (Å²) in [7, 11) is 0. The molecule has 0 radical (unpaired) electrons. The lowest BCUT2D eigenvalue weighted by molar-refractivity contribution is -0.115. The van der Waals surface area contributed by atoms with E-state index in [1.165, 1.54) is 28.7 Å². The smallest absolute Gasteiger partial charge is 0.231 e. The molecule has 1 amide bonds. The number of carbonyl (C=O) groups is 1. The average molecular weight is 437 g/mol. The van der Waals surface area contributed by atoms with Crippen molar-refractivity contribution >= 4 is 34.7 Å². The van der Waals surface area contributed by atoms with Gasteiger partial charge >= 0.3 is 0 Å². The van der Waals surface area contributed by atoms with Gasteiger partial charge in [0, 0.05) is 16.8 Å². The number of tetrazole rings is 1. The van der Waals surface area contributed by atoms with E-state index >= 15 is 0 Å². The number of aryl methyl sites for hydroxylation is 2. The van der Waals surface area contributed by atoms with E-state index < -0.39 is 0 Å². The quantitative estimate of drug-likeness (QED) is 0.437. The number of benzene rings is 2. The minimum Gasteiger partial charge on any atom is -0.326 e. The minimum atomic E-state index is -0.0734. The maximum absolute atomic E-state index is 12.3. The zero-order valence-electron chi connectivity index (χ0n) is 16.6. The van der Waals surface area contributed by atoms with Gasteiger partial charge in [-0.3, -0.25) is 4.79 Å². The van der Waals surface area contributed by atoms with E-state index in [1.807, 2.05) is 67.8 Å². The summed E-state index contributed by atoms with van der Waals surface area (Å²) in [6.45, 7) is 4.06. The van der Waals surface area contributed by atoms with Gasteiger partial charge < -0.3 is 5.32 Å². The van der Waals surface area contributed by atoms with Crippen LogP contribution in [0.4, 0.5) is 5.69 Å². The predicted octanol–water partition coefficient (Wildman–Crippen LogP) is 4.21. The molecule has 9 heteroatoms. The Morgan fingerprint density at radius 1 is 1.07 bits per heavy atom. The molecule has 7 nitrogen and oxygen atoms in total. The third kappa shape index (κ3) is 5.11. The van der Waals surface area contributed by atoms with Crippen LogP contribution in [-0.4, -0.2) is 31.1 Å². The first-order valence-corrected chi connectivity index (χ1v) is 11.2. The number of carbonyl (C=O) groups excluding carboxylic acids is 1. The Balaban J connectivity index is 1.34. The first kappa shape index (κ1) is 20.2. The molecule has 152 valence electrons. The monoisotopic (exact) mass is 436 g/mol. The molecule has 1 N–H and O–H groups in total. The van der Waals surface area contributed by atoms with Crippen molar-refractivity contribution in [2.24, 2.45) is 0 Å². The second-order valence-corrected chi connectivity index (χ2v) is 8.71. The van der Waals surface area contributed by atoms with Gasteiger partial charge in [-0.15, -0.1) is 16.4 Å². The zero-order chi connectivity index (χ0) is 20.9. The SMILES string of the molecule is Cc1ccc(NC(=O)Cc2nc(CSc3nnnn3-c3ccc(C)cc3)cs2)cc1. The van der Waals surface area contributed by atoms with E-state index in [1.54, 1.807) is 4.68 Å². The molecule has 0 saturated carbocycles. The van der Waals surface area contributed by atoms with Crippen LogP contribution < -0.4 is 5.32 Å². The third-order valence-corrected chi connectivity index (χ3v) is 6.17. The van der Waals surface area contributed by atoms with Crippen molar-refractivity contribution in [3.8, 4) is 5.69 Å². The molecule has 0 atom stereocenters. The molecule has 0 saturated heterocycles. The number of anilines is 1. The van der Waals surface area contributed by atoms with Crippen LogP contribution in [0.5, 0.6) is 0 Å². The summed E-state index contributed by atoms with van der Waals surface area (Å²) in [5.74, 6) is 0.554. The Hall–Kier alpha value is -3.04. The minimum absolute atomic E-state index is 0.0734. The molecule has 0 spiro atoms. The van der Waals surface area contributed by atoms with Gasteiger partial charge in [-0.2, -0.15) is 4.68 Å². The molecule has 0 aliphatic rings. The second kappa shape index (κ2) is 9.19. The Bertz CT molecular complexity index is 1140. The summed E-state index contributed by atoms with van der Waals surface area (Å²) >= 11 is 3.00. The standard InChI is InChI=1S/C21H20N6OS2/c1-14-3-7-16(8-4-14)22-19(28)11-20-23-17(12-29-20)13-30-21-24-25-26-27(21)18-9-5-15(2)6-10-18/h3-10,12H,11,13H2,1-2H3,(H,22,28). The van der Waals surface area contributed by atoms with Crippen molar-refractivity contribution in [2.45, 2.75) is 31.2 Å². The number of amides is 1. The summed E-state index contributed by atoms with van der Waals surface area (Å²) in [4.78, 5) is 16.8. The van der Waals surface area contributed by atoms with Crippen molar-refractivity contribution in [2.75, 3.05) is 5.32 Å². The van der Waals surface area contributed by atoms with Gasteiger partial charge in [-0.05, 0) is 48.5 Å². The molecule has 0 aliphatic heterocycles. The lowest BCUT2D eigenvalue weighted by Crippen LogP contribution is -2.14. The number of thiazole rings is 1. The van der Waals surface area contributed by atoms with Crippen LogP contribution in [-0.2, 0) is 17.0 Å². The largest absolute Gasteiger partial charge is 0.326 e. The van der Waals surface area contributed by atoms with Crippen LogP contribution in [0.1, 0.15) is 21.8 Å². The summed E-state index contributed by atoms with van der Waals surface area (Å²) < 4.78 is 1.71. The topological polar surface area (TPSA) is 85.6 Å². The fourth-order valence-electron chi connectivity index (χ4n) is 2.73. The van der Waals surface area contributed by atoms with Crippen molar-refractivity contribution in [1.82, 2.24) is 25.2 Å². The van der Waals surface area contributed by atoms with Crippen LogP contribution in [0.3, 0.4) is 0 Å². The van der Waals surface area contributed by atoms with Crippen LogP contribution in [0.25, 0.3) is 5.69 Å². The van der Waals surface area contributed by atoms with Gasteiger partial charge in [0.25, 0.3) is 0 Å². The van der Waals surface area contributed by atoms with E-state index in [-0.39, 0.29) is 12.3 Å². The van der Waals surface area contributed by atoms with Gasteiger partial charge in [0.2, 0.25) is 11.1 Å². The van der Waals surface area contributed by atoms with E-state index in [0.29, 0.717) is 10.9 Å². The Labute approximate surface area is 182 Å². The first-order valence-electron chi connectivity index (χ1n) is 9.35. The zero-order valence-corrected chi connectivity index (χ0v) is 18.2. The lowest BCUT2D eigenvalue weighted by atomic mass is 10.2. The fraction of sp³-hybridized carbons (Fsp3) is 0.190. The molecule has 2 aromatic heterocycles. The highest BCUT2D eigenvalue weighted by Gasteiger charge is 2.12. The number of hydrogen-bond acceptors (Lipinski definition) is 7. The van der Waals surface area contributed by atoms with E-state index in [0.717, 1.165) is 27.6 Å². The Kier molecular flexibility index (Phi) is 6.20. The maximum Gasteiger partial charge on any atom is 0.231 e. The van der Waals surface area contributed by atoms with Gasteiger partial charge in [-0.25, -0.2) is 4.98 Å². The van der Waals surface area contributed by atoms with Crippen LogP contribution >= 0.6 is 23.1 Å². The molecule has 4 aromatic rings. The second-order valence-electron chi connectivity index (χ2n) is 6.82. The van der Waals surface area contributed by atoms with E-state index in [2.05, 4.69) is 25.8 Å². The molecule has 2 heterocycles. The highest BCUT2D eigenvalue weighted by Crippen LogP contribution is 2.24. The summed E-state index contributed by atoms with van der Waals surface area (Å²) in [5, 5.41) is 18.4. The molecule has 0 unspecified atom stereocenters. The molecule has 4 rings (SSSR count). The molecular formula is C21H20N6OS2. The van der Waals surface area contributed by atoms with Crippen molar-refractivity contribution in [3.05, 3.63) is 75.7 Å². The highest BCUT2D eigenvalue weighted by molar-refractivity contribution is 7.98. The van der Waals surface area contributed by atoms with Gasteiger partial charge in [0.1, 0.15) is 5.01 Å². The highest BCUT2D eigenvalue weighted by atomic mass is 32.2. The number of hydrogen-bond donors (Lipinski definition) is 1. The molecular weight excluding hydrogens is 416 g/mol. The molecule has 2 aromatic carbocycles. The number of aromatic nitrogens is 5. The van der Waals surface area contributed by atoms with Crippen molar-refractivity contribution in [3.63, 3.8) is 0 Å². The van der Waals surface area contributed by atoms with Gasteiger partial charge in [0.15, 0.2) is 0 Å². The summed E-state index contributed by atoms with van der Waals surface area (Å²) in [6, 6.07) is 15.8. The van der Waals surface area contributed by atoms with Crippen molar-refractivity contribution in [1.29, 1.82) is 0 Å². The molecule has 0 fully saturated rings. The fourth-order valence-corrected chi connectivity index (χ4v) is 4.41. The first-order chi connectivity index (χ1) is 14.6. The molecule has 0 aliphatic carbocycles. The summed E-state index contributed by atoms with van der Waals surface area (Å²) in [6.07, 6.45) is 0.254. The Morgan fingerprint density at radius 3 is 2.50 bits per heavy atom. The van der Waals surface area contributed by atoms with Crippen LogP contribution in [0.15, 0.2) is 59.1 Å². The number of nitrogens with one attached hydrogen (secondary N) is 1. The Morgan fingerprint density at radius 2 is 1.77 bits per heavy atom. The van der Waals surface area contributed by atoms with Gasteiger partial charge in [0.05, 0.1) is 17.8 Å². The number of nitrogens with zero attached hydrogens (tertiary/aromatic N) is 5. The van der Waals surface area contributed by atoms with Crippen molar-refractivity contribution < 1.29 is 4.79 Å². The number of thioether (sulfide) groups is 1. The normalized spacial score (nSPS) is 10.9. The summed E-state index contributed by atoms with van der Waals surface area (Å²) in [5.41, 5.74) is 4.95. The van der Waals surface area contributed by atoms with Crippen LogP contribution in [0, 0.1) is 13.8 Å². The molecule has 0 bridgehead atoms.